The minimum atomic E-state index is -0.663. The Morgan fingerprint density at radius 3 is 3.00 bits per heavy atom. The number of likely N-dealkylation sites (tertiary alicyclic amines) is 1. The molecule has 2 heterocycles. The zero-order valence-corrected chi connectivity index (χ0v) is 11.5. The molecule has 1 aliphatic rings. The molecular weight excluding hydrogens is 266 g/mol. The first-order valence-corrected chi connectivity index (χ1v) is 6.66. The largest absolute Gasteiger partial charge is 0.334 e. The third-order valence-corrected chi connectivity index (χ3v) is 3.45. The van der Waals surface area contributed by atoms with Crippen molar-refractivity contribution in [2.75, 3.05) is 18.4 Å². The van der Waals surface area contributed by atoms with E-state index in [-0.39, 0.29) is 5.15 Å². The second kappa shape index (κ2) is 6.02. The Labute approximate surface area is 117 Å². The molecule has 0 radical (unpaired) electrons. The lowest BCUT2D eigenvalue weighted by atomic mass is 10.0. The molecule has 1 aromatic heterocycles. The number of anilines is 1. The maximum atomic E-state index is 12.0. The molecule has 2 rings (SSSR count). The molecule has 0 bridgehead atoms. The molecule has 1 N–H and O–H groups in total. The van der Waals surface area contributed by atoms with Gasteiger partial charge in [-0.05, 0) is 30.9 Å². The van der Waals surface area contributed by atoms with Gasteiger partial charge in [0, 0.05) is 19.3 Å². The zero-order valence-electron chi connectivity index (χ0n) is 10.7. The van der Waals surface area contributed by atoms with E-state index in [9.17, 15) is 9.59 Å². The summed E-state index contributed by atoms with van der Waals surface area (Å²) in [7, 11) is 0. The summed E-state index contributed by atoms with van der Waals surface area (Å²) in [4.78, 5) is 29.3. The third kappa shape index (κ3) is 3.44. The van der Waals surface area contributed by atoms with Crippen LogP contribution in [-0.4, -0.2) is 34.8 Å². The Balaban J connectivity index is 2.00. The highest BCUT2D eigenvalue weighted by atomic mass is 35.5. The Kier molecular flexibility index (Phi) is 4.37. The second-order valence-corrected chi connectivity index (χ2v) is 5.15. The van der Waals surface area contributed by atoms with Crippen LogP contribution in [0.1, 0.15) is 19.8 Å². The van der Waals surface area contributed by atoms with Gasteiger partial charge in [0.2, 0.25) is 0 Å². The number of piperidine rings is 1. The van der Waals surface area contributed by atoms with Crippen molar-refractivity contribution in [2.45, 2.75) is 19.8 Å². The van der Waals surface area contributed by atoms with E-state index < -0.39 is 11.8 Å². The van der Waals surface area contributed by atoms with Crippen LogP contribution < -0.4 is 5.32 Å². The van der Waals surface area contributed by atoms with E-state index in [4.69, 9.17) is 11.6 Å². The van der Waals surface area contributed by atoms with Crippen molar-refractivity contribution in [3.05, 3.63) is 23.5 Å². The number of nitrogens with zero attached hydrogens (tertiary/aromatic N) is 2. The van der Waals surface area contributed by atoms with Gasteiger partial charge in [0.1, 0.15) is 0 Å². The Hall–Kier alpha value is -1.62. The number of halogens is 1. The van der Waals surface area contributed by atoms with Crippen LogP contribution in [0.25, 0.3) is 0 Å². The van der Waals surface area contributed by atoms with Crippen molar-refractivity contribution in [2.24, 2.45) is 5.92 Å². The first-order chi connectivity index (χ1) is 9.08. The van der Waals surface area contributed by atoms with Crippen LogP contribution in [-0.2, 0) is 9.59 Å². The lowest BCUT2D eigenvalue weighted by Crippen LogP contribution is -2.44. The monoisotopic (exact) mass is 281 g/mol. The van der Waals surface area contributed by atoms with Crippen molar-refractivity contribution < 1.29 is 9.59 Å². The average molecular weight is 282 g/mol. The van der Waals surface area contributed by atoms with Gasteiger partial charge in [-0.2, -0.15) is 0 Å². The maximum absolute atomic E-state index is 12.0. The molecule has 1 unspecified atom stereocenters. The van der Waals surface area contributed by atoms with Gasteiger partial charge in [0.15, 0.2) is 5.15 Å². The summed E-state index contributed by atoms with van der Waals surface area (Å²) in [6.07, 6.45) is 3.56. The number of hydrogen-bond donors (Lipinski definition) is 1. The number of nitrogens with one attached hydrogen (secondary N) is 1. The van der Waals surface area contributed by atoms with Gasteiger partial charge in [-0.15, -0.1) is 0 Å². The molecule has 102 valence electrons. The number of amides is 2. The maximum Gasteiger partial charge on any atom is 0.313 e. The van der Waals surface area contributed by atoms with E-state index in [0.29, 0.717) is 24.7 Å². The zero-order chi connectivity index (χ0) is 13.8. The van der Waals surface area contributed by atoms with Crippen molar-refractivity contribution in [3.8, 4) is 0 Å². The molecule has 1 atom stereocenters. The Bertz CT molecular complexity index is 493. The summed E-state index contributed by atoms with van der Waals surface area (Å²) in [6.45, 7) is 3.35. The van der Waals surface area contributed by atoms with Gasteiger partial charge in [-0.3, -0.25) is 9.59 Å². The molecule has 0 spiro atoms. The van der Waals surface area contributed by atoms with E-state index in [1.54, 1.807) is 17.0 Å². The SMILES string of the molecule is CC1CCCN(C(=O)C(=O)Nc2cccnc2Cl)C1. The first-order valence-electron chi connectivity index (χ1n) is 6.28. The molecule has 0 saturated carbocycles. The quantitative estimate of drug-likeness (QED) is 0.632. The highest BCUT2D eigenvalue weighted by Crippen LogP contribution is 2.19. The van der Waals surface area contributed by atoms with Gasteiger partial charge in [-0.25, -0.2) is 4.98 Å². The molecule has 5 nitrogen and oxygen atoms in total. The molecule has 2 amide bonds. The average Bonchev–Trinajstić information content (AvgIpc) is 2.40. The first kappa shape index (κ1) is 13.8. The molecule has 1 fully saturated rings. The molecule has 1 saturated heterocycles. The fourth-order valence-corrected chi connectivity index (χ4v) is 2.34. The molecular formula is C13H16ClN3O2. The summed E-state index contributed by atoms with van der Waals surface area (Å²) in [5, 5.41) is 2.67. The Morgan fingerprint density at radius 1 is 1.53 bits per heavy atom. The predicted octanol–water partition coefficient (Wildman–Crippen LogP) is 1.93. The van der Waals surface area contributed by atoms with Crippen LogP contribution in [0.4, 0.5) is 5.69 Å². The number of rotatable bonds is 1. The third-order valence-electron chi connectivity index (χ3n) is 3.15. The summed E-state index contributed by atoms with van der Waals surface area (Å²) in [5.74, 6) is -0.733. The lowest BCUT2D eigenvalue weighted by Gasteiger charge is -2.30. The minimum absolute atomic E-state index is 0.177. The van der Waals surface area contributed by atoms with Gasteiger partial charge < -0.3 is 10.2 Å². The number of aromatic nitrogens is 1. The van der Waals surface area contributed by atoms with Crippen LogP contribution in [0.3, 0.4) is 0 Å². The molecule has 6 heteroatoms. The van der Waals surface area contributed by atoms with Crippen LogP contribution in [0.2, 0.25) is 5.15 Å². The van der Waals surface area contributed by atoms with Gasteiger partial charge in [0.25, 0.3) is 0 Å². The highest BCUT2D eigenvalue weighted by Gasteiger charge is 2.26. The van der Waals surface area contributed by atoms with Crippen molar-refractivity contribution in [1.82, 2.24) is 9.88 Å². The second-order valence-electron chi connectivity index (χ2n) is 4.79. The normalized spacial score (nSPS) is 19.1. The fourth-order valence-electron chi connectivity index (χ4n) is 2.17. The number of hydrogen-bond acceptors (Lipinski definition) is 3. The number of pyridine rings is 1. The minimum Gasteiger partial charge on any atom is -0.334 e. The van der Waals surface area contributed by atoms with Crippen LogP contribution in [0.15, 0.2) is 18.3 Å². The van der Waals surface area contributed by atoms with Crippen molar-refractivity contribution in [3.63, 3.8) is 0 Å². The van der Waals surface area contributed by atoms with Crippen LogP contribution in [0, 0.1) is 5.92 Å². The van der Waals surface area contributed by atoms with Crippen LogP contribution >= 0.6 is 11.6 Å². The molecule has 1 aliphatic heterocycles. The van der Waals surface area contributed by atoms with E-state index in [1.807, 2.05) is 0 Å². The molecule has 0 aromatic carbocycles. The van der Waals surface area contributed by atoms with E-state index in [1.165, 1.54) is 6.20 Å². The van der Waals surface area contributed by atoms with Gasteiger partial charge in [0.05, 0.1) is 5.69 Å². The summed E-state index contributed by atoms with van der Waals surface area (Å²) in [6, 6.07) is 3.26. The van der Waals surface area contributed by atoms with E-state index in [2.05, 4.69) is 17.2 Å². The van der Waals surface area contributed by atoms with Crippen molar-refractivity contribution >= 4 is 29.1 Å². The lowest BCUT2D eigenvalue weighted by molar-refractivity contribution is -0.144. The summed E-state index contributed by atoms with van der Waals surface area (Å²) in [5.41, 5.74) is 0.354. The summed E-state index contributed by atoms with van der Waals surface area (Å²) < 4.78 is 0. The standard InChI is InChI=1S/C13H16ClN3O2/c1-9-4-3-7-17(8-9)13(19)12(18)16-10-5-2-6-15-11(10)14/h2,5-6,9H,3-4,7-8H2,1H3,(H,16,18). The smallest absolute Gasteiger partial charge is 0.313 e. The number of carbonyl (C=O) groups is 2. The van der Waals surface area contributed by atoms with Crippen LogP contribution in [0.5, 0.6) is 0 Å². The molecule has 0 aliphatic carbocycles. The highest BCUT2D eigenvalue weighted by molar-refractivity contribution is 6.41. The fraction of sp³-hybridized carbons (Fsp3) is 0.462. The Morgan fingerprint density at radius 2 is 2.32 bits per heavy atom. The van der Waals surface area contributed by atoms with E-state index in [0.717, 1.165) is 12.8 Å². The predicted molar refractivity (Wildman–Crippen MR) is 72.9 cm³/mol. The molecule has 1 aromatic rings. The molecule has 19 heavy (non-hydrogen) atoms. The summed E-state index contributed by atoms with van der Waals surface area (Å²) >= 11 is 5.83. The van der Waals surface area contributed by atoms with Gasteiger partial charge in [-0.1, -0.05) is 18.5 Å². The number of carbonyl (C=O) groups excluding carboxylic acids is 2. The van der Waals surface area contributed by atoms with Gasteiger partial charge >= 0.3 is 11.8 Å². The topological polar surface area (TPSA) is 62.3 Å². The van der Waals surface area contributed by atoms with E-state index >= 15 is 0 Å². The van der Waals surface area contributed by atoms with Crippen molar-refractivity contribution in [1.29, 1.82) is 0 Å².